The van der Waals surface area contributed by atoms with Crippen LogP contribution in [-0.4, -0.2) is 37.3 Å². The Morgan fingerprint density at radius 1 is 1.05 bits per heavy atom. The quantitative estimate of drug-likeness (QED) is 0.870. The van der Waals surface area contributed by atoms with E-state index in [1.807, 2.05) is 0 Å². The Hall–Kier alpha value is -0.200. The third-order valence-corrected chi connectivity index (χ3v) is 3.46. The monoisotopic (exact) mass is 348 g/mol. The molecule has 0 saturated carbocycles. The number of benzene rings is 1. The number of piperazine rings is 1. The summed E-state index contributed by atoms with van der Waals surface area (Å²) >= 11 is 11.6. The Labute approximate surface area is 131 Å². The topological polar surface area (TPSA) is 15.3 Å². The molecule has 0 spiro atoms. The number of hydrogen-bond donors (Lipinski definition) is 1. The lowest BCUT2D eigenvalue weighted by Crippen LogP contribution is -2.49. The molecule has 1 aliphatic rings. The van der Waals surface area contributed by atoms with Gasteiger partial charge in [0.2, 0.25) is 0 Å². The molecule has 1 heterocycles. The van der Waals surface area contributed by atoms with Gasteiger partial charge in [-0.1, -0.05) is 23.2 Å². The van der Waals surface area contributed by atoms with Crippen molar-refractivity contribution in [2.45, 2.75) is 12.2 Å². The standard InChI is InChI=1S/C12H13Cl2F3N2.ClH/c13-9-5-8(6-10(14)7-9)11(12(15,16)17)19-3-1-18-2-4-19;/h5-7,11,18H,1-4H2;1H/t11-;/m0./s1. The minimum Gasteiger partial charge on any atom is -0.314 e. The van der Waals surface area contributed by atoms with Crippen LogP contribution in [-0.2, 0) is 0 Å². The highest BCUT2D eigenvalue weighted by Crippen LogP contribution is 2.39. The highest BCUT2D eigenvalue weighted by atomic mass is 35.5. The minimum atomic E-state index is -4.36. The summed E-state index contributed by atoms with van der Waals surface area (Å²) in [4.78, 5) is 1.40. The van der Waals surface area contributed by atoms with Crippen molar-refractivity contribution < 1.29 is 13.2 Å². The van der Waals surface area contributed by atoms with E-state index in [4.69, 9.17) is 23.2 Å². The summed E-state index contributed by atoms with van der Waals surface area (Å²) in [6, 6.07) is 2.42. The second kappa shape index (κ2) is 7.18. The molecule has 1 aromatic rings. The Bertz CT molecular complexity index is 428. The normalized spacial score (nSPS) is 18.4. The van der Waals surface area contributed by atoms with Gasteiger partial charge in [0.1, 0.15) is 6.04 Å². The van der Waals surface area contributed by atoms with Crippen LogP contribution >= 0.6 is 35.6 Å². The maximum Gasteiger partial charge on any atom is 0.408 e. The highest BCUT2D eigenvalue weighted by Gasteiger charge is 2.45. The van der Waals surface area contributed by atoms with Crippen LogP contribution in [0.3, 0.4) is 0 Å². The lowest BCUT2D eigenvalue weighted by atomic mass is 10.0. The van der Waals surface area contributed by atoms with Gasteiger partial charge in [-0.25, -0.2) is 0 Å². The lowest BCUT2D eigenvalue weighted by Gasteiger charge is -2.36. The molecule has 0 bridgehead atoms. The van der Waals surface area contributed by atoms with Crippen molar-refractivity contribution in [3.8, 4) is 0 Å². The molecule has 8 heteroatoms. The first kappa shape index (κ1) is 17.9. The zero-order valence-electron chi connectivity index (χ0n) is 10.4. The van der Waals surface area contributed by atoms with E-state index in [-0.39, 0.29) is 28.0 Å². The van der Waals surface area contributed by atoms with Gasteiger partial charge in [-0.3, -0.25) is 4.90 Å². The Morgan fingerprint density at radius 3 is 2.00 bits per heavy atom. The van der Waals surface area contributed by atoms with Gasteiger partial charge in [-0.2, -0.15) is 13.2 Å². The van der Waals surface area contributed by atoms with Crippen LogP contribution < -0.4 is 5.32 Å². The van der Waals surface area contributed by atoms with E-state index in [1.54, 1.807) is 0 Å². The molecular weight excluding hydrogens is 335 g/mol. The molecule has 20 heavy (non-hydrogen) atoms. The fraction of sp³-hybridized carbons (Fsp3) is 0.500. The number of hydrogen-bond acceptors (Lipinski definition) is 2. The summed E-state index contributed by atoms with van der Waals surface area (Å²) in [6.45, 7) is 1.77. The third-order valence-electron chi connectivity index (χ3n) is 3.03. The number of rotatable bonds is 2. The molecule has 1 saturated heterocycles. The number of nitrogens with zero attached hydrogens (tertiary/aromatic N) is 1. The van der Waals surface area contributed by atoms with Gasteiger partial charge in [0.05, 0.1) is 0 Å². The molecule has 0 aliphatic carbocycles. The van der Waals surface area contributed by atoms with Gasteiger partial charge in [-0.15, -0.1) is 12.4 Å². The van der Waals surface area contributed by atoms with Gasteiger partial charge in [-0.05, 0) is 23.8 Å². The lowest BCUT2D eigenvalue weighted by molar-refractivity contribution is -0.187. The third kappa shape index (κ3) is 4.40. The molecule has 0 unspecified atom stereocenters. The largest absolute Gasteiger partial charge is 0.408 e. The maximum atomic E-state index is 13.3. The average Bonchev–Trinajstić information content (AvgIpc) is 2.27. The minimum absolute atomic E-state index is 0. The van der Waals surface area contributed by atoms with Gasteiger partial charge in [0.15, 0.2) is 0 Å². The molecule has 1 atom stereocenters. The Morgan fingerprint density at radius 2 is 1.55 bits per heavy atom. The number of alkyl halides is 3. The van der Waals surface area contributed by atoms with Crippen LogP contribution in [0.1, 0.15) is 11.6 Å². The molecule has 1 aromatic carbocycles. The highest BCUT2D eigenvalue weighted by molar-refractivity contribution is 6.34. The molecule has 0 aromatic heterocycles. The zero-order chi connectivity index (χ0) is 14.0. The van der Waals surface area contributed by atoms with E-state index < -0.39 is 12.2 Å². The number of halogens is 6. The van der Waals surface area contributed by atoms with Crippen molar-refractivity contribution in [2.75, 3.05) is 26.2 Å². The first-order valence-corrected chi connectivity index (χ1v) is 6.61. The summed E-state index contributed by atoms with van der Waals surface area (Å²) in [5.41, 5.74) is 0.0897. The molecule has 0 radical (unpaired) electrons. The zero-order valence-corrected chi connectivity index (χ0v) is 12.7. The van der Waals surface area contributed by atoms with Crippen molar-refractivity contribution in [3.63, 3.8) is 0 Å². The van der Waals surface area contributed by atoms with E-state index in [0.29, 0.717) is 26.2 Å². The van der Waals surface area contributed by atoms with Crippen LogP contribution in [0.5, 0.6) is 0 Å². The fourth-order valence-electron chi connectivity index (χ4n) is 2.28. The van der Waals surface area contributed by atoms with Gasteiger partial charge >= 0.3 is 6.18 Å². The van der Waals surface area contributed by atoms with E-state index in [9.17, 15) is 13.2 Å². The Balaban J connectivity index is 0.00000200. The number of nitrogens with one attached hydrogen (secondary N) is 1. The maximum absolute atomic E-state index is 13.3. The predicted octanol–water partition coefficient (Wildman–Crippen LogP) is 3.92. The van der Waals surface area contributed by atoms with Crippen LogP contribution in [0.15, 0.2) is 18.2 Å². The summed E-state index contributed by atoms with van der Waals surface area (Å²) < 4.78 is 39.9. The van der Waals surface area contributed by atoms with Crippen molar-refractivity contribution in [1.29, 1.82) is 0 Å². The molecule has 2 rings (SSSR count). The van der Waals surface area contributed by atoms with Crippen LogP contribution in [0.4, 0.5) is 13.2 Å². The summed E-state index contributed by atoms with van der Waals surface area (Å²) in [5.74, 6) is 0. The second-order valence-electron chi connectivity index (χ2n) is 4.43. The van der Waals surface area contributed by atoms with Crippen molar-refractivity contribution in [2.24, 2.45) is 0 Å². The molecular formula is C12H14Cl3F3N2. The molecule has 1 fully saturated rings. The summed E-state index contributed by atoms with van der Waals surface area (Å²) in [6.07, 6.45) is -4.36. The van der Waals surface area contributed by atoms with Gasteiger partial charge < -0.3 is 5.32 Å². The smallest absolute Gasteiger partial charge is 0.314 e. The summed E-state index contributed by atoms with van der Waals surface area (Å²) in [7, 11) is 0. The van der Waals surface area contributed by atoms with Crippen molar-refractivity contribution in [1.82, 2.24) is 10.2 Å². The fourth-order valence-corrected chi connectivity index (χ4v) is 2.82. The molecule has 1 aliphatic heterocycles. The van der Waals surface area contributed by atoms with Crippen LogP contribution in [0.2, 0.25) is 10.0 Å². The predicted molar refractivity (Wildman–Crippen MR) is 76.9 cm³/mol. The molecule has 114 valence electrons. The van der Waals surface area contributed by atoms with Crippen LogP contribution in [0.25, 0.3) is 0 Å². The molecule has 0 amide bonds. The molecule has 1 N–H and O–H groups in total. The summed E-state index contributed by atoms with van der Waals surface area (Å²) in [5, 5.41) is 3.46. The SMILES string of the molecule is Cl.FC(F)(F)[C@H](c1cc(Cl)cc(Cl)c1)N1CCNCC1. The van der Waals surface area contributed by atoms with E-state index in [2.05, 4.69) is 5.32 Å². The van der Waals surface area contributed by atoms with Gasteiger partial charge in [0.25, 0.3) is 0 Å². The van der Waals surface area contributed by atoms with Crippen LogP contribution in [0, 0.1) is 0 Å². The van der Waals surface area contributed by atoms with Gasteiger partial charge in [0, 0.05) is 36.2 Å². The Kier molecular flexibility index (Phi) is 6.41. The average molecular weight is 350 g/mol. The first-order valence-electron chi connectivity index (χ1n) is 5.85. The van der Waals surface area contributed by atoms with E-state index >= 15 is 0 Å². The van der Waals surface area contributed by atoms with Crippen molar-refractivity contribution >= 4 is 35.6 Å². The first-order chi connectivity index (χ1) is 8.88. The van der Waals surface area contributed by atoms with Crippen molar-refractivity contribution in [3.05, 3.63) is 33.8 Å². The van der Waals surface area contributed by atoms with E-state index in [1.165, 1.54) is 23.1 Å². The van der Waals surface area contributed by atoms with E-state index in [0.717, 1.165) is 0 Å². The molecule has 2 nitrogen and oxygen atoms in total. The second-order valence-corrected chi connectivity index (χ2v) is 5.31.